The Hall–Kier alpha value is -4.86. The van der Waals surface area contributed by atoms with Gasteiger partial charge in [-0.1, -0.05) is 47.6 Å². The van der Waals surface area contributed by atoms with Gasteiger partial charge in [0.25, 0.3) is 0 Å². The van der Waals surface area contributed by atoms with Crippen LogP contribution >= 0.6 is 0 Å². The number of benzene rings is 1. The van der Waals surface area contributed by atoms with Gasteiger partial charge in [0.2, 0.25) is 0 Å². The van der Waals surface area contributed by atoms with E-state index < -0.39 is 11.8 Å². The van der Waals surface area contributed by atoms with Crippen molar-refractivity contribution in [2.75, 3.05) is 17.7 Å². The number of rotatable bonds is 7. The highest BCUT2D eigenvalue weighted by atomic mass is 19.1. The molecule has 0 radical (unpaired) electrons. The molecule has 0 atom stereocenters. The Labute approximate surface area is 252 Å². The Morgan fingerprint density at radius 2 is 1.79 bits per heavy atom. The summed E-state index contributed by atoms with van der Waals surface area (Å²) in [6, 6.07) is 8.26. The molecular weight excluding hydrogens is 547 g/mol. The molecule has 10 heteroatoms. The summed E-state index contributed by atoms with van der Waals surface area (Å²) in [5, 5.41) is 10.1. The second kappa shape index (κ2) is 14.4. The number of hydrogen-bond acceptors (Lipinski definition) is 6. The second-order valence-corrected chi connectivity index (χ2v) is 10.4. The third-order valence-electron chi connectivity index (χ3n) is 6.16. The summed E-state index contributed by atoms with van der Waals surface area (Å²) >= 11 is 0. The van der Waals surface area contributed by atoms with Gasteiger partial charge in [-0.3, -0.25) is 20.1 Å². The van der Waals surface area contributed by atoms with Crippen LogP contribution in [-0.2, 0) is 5.41 Å². The Morgan fingerprint density at radius 1 is 1.07 bits per heavy atom. The largest absolute Gasteiger partial charge is 0.457 e. The van der Waals surface area contributed by atoms with E-state index in [1.165, 1.54) is 31.3 Å². The van der Waals surface area contributed by atoms with Gasteiger partial charge in [-0.05, 0) is 48.4 Å². The average molecular weight is 587 g/mol. The molecule has 2 N–H and O–H groups in total. The number of carbonyl (C=O) groups is 2. The molecule has 0 unspecified atom stereocenters. The van der Waals surface area contributed by atoms with Gasteiger partial charge in [-0.25, -0.2) is 13.9 Å². The summed E-state index contributed by atoms with van der Waals surface area (Å²) < 4.78 is 22.3. The normalized spacial score (nSPS) is 14.6. The van der Waals surface area contributed by atoms with E-state index in [1.54, 1.807) is 23.9 Å². The Balaban J connectivity index is 0.00000248. The van der Waals surface area contributed by atoms with Crippen LogP contribution in [0.3, 0.4) is 0 Å². The molecule has 1 aromatic carbocycles. The van der Waals surface area contributed by atoms with E-state index in [9.17, 15) is 14.0 Å². The predicted molar refractivity (Wildman–Crippen MR) is 171 cm³/mol. The van der Waals surface area contributed by atoms with Gasteiger partial charge in [0.15, 0.2) is 5.78 Å². The molecule has 2 amide bonds. The molecule has 0 spiro atoms. The van der Waals surface area contributed by atoms with Gasteiger partial charge in [0.05, 0.1) is 22.8 Å². The quantitative estimate of drug-likeness (QED) is 0.271. The first-order chi connectivity index (χ1) is 20.5. The number of amides is 2. The van der Waals surface area contributed by atoms with Crippen LogP contribution in [0, 0.1) is 5.82 Å². The Morgan fingerprint density at radius 3 is 2.42 bits per heavy atom. The molecule has 0 bridgehead atoms. The van der Waals surface area contributed by atoms with E-state index in [4.69, 9.17) is 9.84 Å². The number of halogens is 1. The van der Waals surface area contributed by atoms with Crippen molar-refractivity contribution in [2.45, 2.75) is 60.3 Å². The van der Waals surface area contributed by atoms with Gasteiger partial charge in [-0.15, -0.1) is 0 Å². The Bertz CT molecular complexity index is 1610. The van der Waals surface area contributed by atoms with Crippen LogP contribution in [0.2, 0.25) is 0 Å². The minimum Gasteiger partial charge on any atom is -0.457 e. The van der Waals surface area contributed by atoms with Crippen molar-refractivity contribution in [1.82, 2.24) is 14.8 Å². The molecule has 2 heterocycles. The molecule has 226 valence electrons. The summed E-state index contributed by atoms with van der Waals surface area (Å²) in [7, 11) is 1.74. The van der Waals surface area contributed by atoms with Crippen molar-refractivity contribution in [3.8, 4) is 11.5 Å². The zero-order chi connectivity index (χ0) is 31.7. The first kappa shape index (κ1) is 32.7. The number of Topliss-reactive ketones (excluding diaryl/α,β-unsaturated/α-hetero) is 1. The van der Waals surface area contributed by atoms with E-state index in [0.717, 1.165) is 35.2 Å². The van der Waals surface area contributed by atoms with Gasteiger partial charge in [0, 0.05) is 43.8 Å². The van der Waals surface area contributed by atoms with Crippen LogP contribution in [0.5, 0.6) is 11.5 Å². The minimum atomic E-state index is -0.693. The van der Waals surface area contributed by atoms with Gasteiger partial charge in [0.1, 0.15) is 28.8 Å². The summed E-state index contributed by atoms with van der Waals surface area (Å²) in [5.41, 5.74) is 3.26. The Kier molecular flexibility index (Phi) is 10.9. The lowest BCUT2D eigenvalue weighted by molar-refractivity contribution is 0.101. The van der Waals surface area contributed by atoms with Crippen molar-refractivity contribution < 1.29 is 18.7 Å². The van der Waals surface area contributed by atoms with E-state index in [0.29, 0.717) is 11.6 Å². The number of ketones is 1. The molecule has 9 nitrogen and oxygen atoms in total. The van der Waals surface area contributed by atoms with Crippen LogP contribution in [0.1, 0.15) is 71.1 Å². The average Bonchev–Trinajstić information content (AvgIpc) is 3.40. The number of nitrogens with zero attached hydrogens (tertiary/aromatic N) is 4. The minimum absolute atomic E-state index is 0.0372. The summed E-state index contributed by atoms with van der Waals surface area (Å²) in [4.78, 5) is 32.9. The fraction of sp³-hybridized carbons (Fsp3) is 0.303. The maximum atomic E-state index is 14.9. The van der Waals surface area contributed by atoms with E-state index >= 15 is 0 Å². The van der Waals surface area contributed by atoms with E-state index in [-0.39, 0.29) is 28.3 Å². The number of urea groups is 1. The van der Waals surface area contributed by atoms with Crippen molar-refractivity contribution in [2.24, 2.45) is 4.99 Å². The number of nitrogens with one attached hydrogen (secondary N) is 2. The van der Waals surface area contributed by atoms with Crippen molar-refractivity contribution in [3.05, 3.63) is 89.7 Å². The van der Waals surface area contributed by atoms with Gasteiger partial charge < -0.3 is 10.1 Å². The third-order valence-corrected chi connectivity index (χ3v) is 6.16. The van der Waals surface area contributed by atoms with Crippen LogP contribution in [0.15, 0.2) is 77.5 Å². The number of anilines is 2. The topological polar surface area (TPSA) is 111 Å². The van der Waals surface area contributed by atoms with Crippen molar-refractivity contribution >= 4 is 34.7 Å². The molecule has 3 aromatic rings. The highest BCUT2D eigenvalue weighted by Gasteiger charge is 2.23. The number of aromatic nitrogens is 3. The van der Waals surface area contributed by atoms with Crippen LogP contribution in [-0.4, -0.2) is 39.3 Å². The number of hydrogen-bond donors (Lipinski definition) is 2. The lowest BCUT2D eigenvalue weighted by Gasteiger charge is -2.16. The van der Waals surface area contributed by atoms with Crippen LogP contribution in [0.25, 0.3) is 5.70 Å². The lowest BCUT2D eigenvalue weighted by Crippen LogP contribution is -2.22. The number of carbonyl (C=O) groups excluding carboxylic acids is 2. The van der Waals surface area contributed by atoms with Crippen molar-refractivity contribution in [1.29, 1.82) is 0 Å². The zero-order valence-electron chi connectivity index (χ0n) is 25.9. The molecule has 0 aliphatic heterocycles. The maximum absolute atomic E-state index is 14.9. The predicted octanol–water partition coefficient (Wildman–Crippen LogP) is 8.20. The SMILES string of the molecule is CC.CC/C=C1/C=C(n2nc(C(C)(C)C)cc2NC(=O)Nc2ccc(Oc3ccnc(C(C)=O)c3)cc2F)C=CC1=NC. The fourth-order valence-corrected chi connectivity index (χ4v) is 4.03. The van der Waals surface area contributed by atoms with Crippen LogP contribution in [0.4, 0.5) is 20.7 Å². The number of ether oxygens (including phenoxy) is 1. The standard InChI is InChI=1S/C31H33FN6O3.C2H6/c1-7-8-20-15-21(9-11-25(20)33-6)38-29(18-28(37-38)31(3,4)5)36-30(40)35-26-12-10-22(16-24(26)32)41-23-13-14-34-27(17-23)19(2)39;1-2/h8-18H,7H2,1-6H3,(H2,35,36,40);1-2H3/b20-8-,33-25?;. The van der Waals surface area contributed by atoms with Gasteiger partial charge in [-0.2, -0.15) is 5.10 Å². The zero-order valence-corrected chi connectivity index (χ0v) is 25.9. The molecule has 0 saturated heterocycles. The highest BCUT2D eigenvalue weighted by molar-refractivity contribution is 6.14. The first-order valence-corrected chi connectivity index (χ1v) is 14.2. The highest BCUT2D eigenvalue weighted by Crippen LogP contribution is 2.29. The molecule has 0 fully saturated rings. The second-order valence-electron chi connectivity index (χ2n) is 10.4. The lowest BCUT2D eigenvalue weighted by atomic mass is 9.92. The van der Waals surface area contributed by atoms with Crippen molar-refractivity contribution in [3.63, 3.8) is 0 Å². The van der Waals surface area contributed by atoms with Gasteiger partial charge >= 0.3 is 6.03 Å². The summed E-state index contributed by atoms with van der Waals surface area (Å²) in [6.45, 7) is 13.5. The maximum Gasteiger partial charge on any atom is 0.324 e. The molecule has 2 aromatic heterocycles. The number of allylic oxidation sites excluding steroid dienone is 6. The molecular formula is C33H39FN6O3. The number of pyridine rings is 1. The van der Waals surface area contributed by atoms with Crippen LogP contribution < -0.4 is 15.4 Å². The molecule has 1 aliphatic rings. The molecule has 43 heavy (non-hydrogen) atoms. The summed E-state index contributed by atoms with van der Waals surface area (Å²) in [5.74, 6) is 0.0584. The molecule has 0 saturated carbocycles. The summed E-state index contributed by atoms with van der Waals surface area (Å²) in [6.07, 6.45) is 10.1. The molecule has 4 rings (SSSR count). The fourth-order valence-electron chi connectivity index (χ4n) is 4.03. The van der Waals surface area contributed by atoms with E-state index in [2.05, 4.69) is 33.6 Å². The third kappa shape index (κ3) is 8.34. The number of aliphatic imine (C=N–C) groups is 1. The monoisotopic (exact) mass is 586 g/mol. The smallest absolute Gasteiger partial charge is 0.324 e. The van der Waals surface area contributed by atoms with E-state index in [1.807, 2.05) is 52.8 Å². The molecule has 1 aliphatic carbocycles. The first-order valence-electron chi connectivity index (χ1n) is 14.2.